The summed E-state index contributed by atoms with van der Waals surface area (Å²) in [5.74, 6) is -3.83. The number of halogens is 2. The van der Waals surface area contributed by atoms with Gasteiger partial charge in [0.05, 0.1) is 11.8 Å². The average Bonchev–Trinajstić information content (AvgIpc) is 2.52. The Morgan fingerprint density at radius 3 is 2.12 bits per heavy atom. The molecule has 0 saturated carbocycles. The van der Waals surface area contributed by atoms with Crippen molar-refractivity contribution in [1.82, 2.24) is 0 Å². The van der Waals surface area contributed by atoms with Gasteiger partial charge in [0.1, 0.15) is 23.1 Å². The van der Waals surface area contributed by atoms with Crippen LogP contribution in [0.4, 0.5) is 20.2 Å². The van der Waals surface area contributed by atoms with Crippen LogP contribution in [0.5, 0.6) is 5.75 Å². The average molecular weight is 334 g/mol. The second kappa shape index (κ2) is 7.54. The second-order valence-electron chi connectivity index (χ2n) is 5.17. The summed E-state index contributed by atoms with van der Waals surface area (Å²) < 4.78 is 32.5. The number of para-hydroxylation sites is 3. The zero-order valence-electron chi connectivity index (χ0n) is 13.1. The van der Waals surface area contributed by atoms with Crippen molar-refractivity contribution in [2.75, 3.05) is 10.6 Å². The van der Waals surface area contributed by atoms with Crippen LogP contribution in [-0.4, -0.2) is 17.9 Å². The smallest absolute Gasteiger partial charge is 0.314 e. The molecule has 0 saturated heterocycles. The van der Waals surface area contributed by atoms with Gasteiger partial charge in [-0.2, -0.15) is 0 Å². The lowest BCUT2D eigenvalue weighted by Crippen LogP contribution is -2.30. The fraction of sp³-hybridized carbons (Fsp3) is 0.176. The SMILES string of the molecule is CC(C)Oc1ccccc1NC(=O)C(=O)Nc1c(F)cccc1F. The number of rotatable bonds is 4. The fourth-order valence-corrected chi connectivity index (χ4v) is 1.89. The standard InChI is InChI=1S/C17H16F2N2O3/c1-10(2)24-14-9-4-3-8-13(14)20-16(22)17(23)21-15-11(18)6-5-7-12(15)19/h3-10H,1-2H3,(H,20,22)(H,21,23). The van der Waals surface area contributed by atoms with E-state index in [4.69, 9.17) is 4.74 Å². The van der Waals surface area contributed by atoms with Crippen LogP contribution in [-0.2, 0) is 9.59 Å². The number of ether oxygens (including phenoxy) is 1. The maximum absolute atomic E-state index is 13.5. The summed E-state index contributed by atoms with van der Waals surface area (Å²) in [5, 5.41) is 4.27. The summed E-state index contributed by atoms with van der Waals surface area (Å²) in [4.78, 5) is 23.8. The molecule has 126 valence electrons. The number of benzene rings is 2. The molecular weight excluding hydrogens is 318 g/mol. The van der Waals surface area contributed by atoms with Crippen LogP contribution in [0.25, 0.3) is 0 Å². The first-order valence-corrected chi connectivity index (χ1v) is 7.20. The van der Waals surface area contributed by atoms with Crippen molar-refractivity contribution in [3.8, 4) is 5.75 Å². The van der Waals surface area contributed by atoms with Gasteiger partial charge in [-0.05, 0) is 38.1 Å². The van der Waals surface area contributed by atoms with Crippen molar-refractivity contribution in [2.24, 2.45) is 0 Å². The highest BCUT2D eigenvalue weighted by Gasteiger charge is 2.19. The summed E-state index contributed by atoms with van der Waals surface area (Å²) >= 11 is 0. The van der Waals surface area contributed by atoms with Crippen LogP contribution >= 0.6 is 0 Å². The largest absolute Gasteiger partial charge is 0.489 e. The van der Waals surface area contributed by atoms with Gasteiger partial charge in [0, 0.05) is 0 Å². The Morgan fingerprint density at radius 1 is 0.917 bits per heavy atom. The lowest BCUT2D eigenvalue weighted by Gasteiger charge is -2.14. The summed E-state index contributed by atoms with van der Waals surface area (Å²) in [5.41, 5.74) is -0.398. The molecule has 0 heterocycles. The van der Waals surface area contributed by atoms with E-state index in [1.54, 1.807) is 24.3 Å². The first-order valence-electron chi connectivity index (χ1n) is 7.20. The van der Waals surface area contributed by atoms with E-state index in [1.165, 1.54) is 0 Å². The summed E-state index contributed by atoms with van der Waals surface area (Å²) in [7, 11) is 0. The highest BCUT2D eigenvalue weighted by molar-refractivity contribution is 6.43. The topological polar surface area (TPSA) is 67.4 Å². The molecule has 0 unspecified atom stereocenters. The van der Waals surface area contributed by atoms with E-state index in [-0.39, 0.29) is 11.8 Å². The first-order chi connectivity index (χ1) is 11.4. The highest BCUT2D eigenvalue weighted by Crippen LogP contribution is 2.25. The first kappa shape index (κ1) is 17.4. The molecule has 0 atom stereocenters. The van der Waals surface area contributed by atoms with Crippen molar-refractivity contribution in [1.29, 1.82) is 0 Å². The molecule has 0 aliphatic rings. The Morgan fingerprint density at radius 2 is 1.50 bits per heavy atom. The van der Waals surface area contributed by atoms with Gasteiger partial charge in [0.15, 0.2) is 0 Å². The van der Waals surface area contributed by atoms with Gasteiger partial charge in [-0.15, -0.1) is 0 Å². The minimum atomic E-state index is -1.20. The molecule has 2 amide bonds. The van der Waals surface area contributed by atoms with E-state index in [0.29, 0.717) is 5.75 Å². The number of hydrogen-bond acceptors (Lipinski definition) is 3. The minimum absolute atomic E-state index is 0.135. The Kier molecular flexibility index (Phi) is 5.47. The van der Waals surface area contributed by atoms with Crippen molar-refractivity contribution in [2.45, 2.75) is 20.0 Å². The predicted octanol–water partition coefficient (Wildman–Crippen LogP) is 3.33. The third kappa shape index (κ3) is 4.28. The molecule has 0 aliphatic carbocycles. The Balaban J connectivity index is 2.11. The van der Waals surface area contributed by atoms with Crippen LogP contribution < -0.4 is 15.4 Å². The number of carbonyl (C=O) groups is 2. The maximum Gasteiger partial charge on any atom is 0.314 e. The minimum Gasteiger partial charge on any atom is -0.489 e. The molecule has 5 nitrogen and oxygen atoms in total. The highest BCUT2D eigenvalue weighted by atomic mass is 19.1. The molecule has 0 spiro atoms. The van der Waals surface area contributed by atoms with E-state index < -0.39 is 29.1 Å². The maximum atomic E-state index is 13.5. The number of amides is 2. The fourth-order valence-electron chi connectivity index (χ4n) is 1.89. The summed E-state index contributed by atoms with van der Waals surface area (Å²) in [6.45, 7) is 3.62. The van der Waals surface area contributed by atoms with Gasteiger partial charge in [-0.25, -0.2) is 8.78 Å². The van der Waals surface area contributed by atoms with E-state index in [2.05, 4.69) is 5.32 Å². The van der Waals surface area contributed by atoms with Crippen LogP contribution in [0, 0.1) is 11.6 Å². The Hall–Kier alpha value is -2.96. The molecule has 24 heavy (non-hydrogen) atoms. The Bertz CT molecular complexity index is 743. The van der Waals surface area contributed by atoms with Crippen molar-refractivity contribution < 1.29 is 23.1 Å². The predicted molar refractivity (Wildman–Crippen MR) is 85.8 cm³/mol. The van der Waals surface area contributed by atoms with Crippen molar-refractivity contribution >= 4 is 23.2 Å². The molecule has 2 N–H and O–H groups in total. The molecule has 0 radical (unpaired) electrons. The summed E-state index contributed by atoms with van der Waals surface area (Å²) in [6, 6.07) is 9.64. The normalized spacial score (nSPS) is 10.4. The molecular formula is C17H16F2N2O3. The zero-order chi connectivity index (χ0) is 17.7. The number of carbonyl (C=O) groups excluding carboxylic acids is 2. The molecule has 0 aliphatic heterocycles. The van der Waals surface area contributed by atoms with E-state index in [1.807, 2.05) is 19.2 Å². The number of hydrogen-bond donors (Lipinski definition) is 2. The summed E-state index contributed by atoms with van der Waals surface area (Å²) in [6.07, 6.45) is -0.135. The zero-order valence-corrected chi connectivity index (χ0v) is 13.1. The van der Waals surface area contributed by atoms with Crippen LogP contribution in [0.1, 0.15) is 13.8 Å². The van der Waals surface area contributed by atoms with Gasteiger partial charge >= 0.3 is 11.8 Å². The molecule has 2 rings (SSSR count). The third-order valence-electron chi connectivity index (χ3n) is 2.91. The quantitative estimate of drug-likeness (QED) is 0.843. The molecule has 0 bridgehead atoms. The Labute approximate surface area is 137 Å². The molecule has 2 aromatic carbocycles. The third-order valence-corrected chi connectivity index (χ3v) is 2.91. The lowest BCUT2D eigenvalue weighted by atomic mass is 10.2. The van der Waals surface area contributed by atoms with Gasteiger partial charge < -0.3 is 15.4 Å². The van der Waals surface area contributed by atoms with Gasteiger partial charge in [0.2, 0.25) is 0 Å². The van der Waals surface area contributed by atoms with Crippen LogP contribution in [0.3, 0.4) is 0 Å². The van der Waals surface area contributed by atoms with Crippen molar-refractivity contribution in [3.63, 3.8) is 0 Å². The number of nitrogens with one attached hydrogen (secondary N) is 2. The molecule has 0 fully saturated rings. The van der Waals surface area contributed by atoms with Crippen LogP contribution in [0.15, 0.2) is 42.5 Å². The van der Waals surface area contributed by atoms with Crippen LogP contribution in [0.2, 0.25) is 0 Å². The number of anilines is 2. The van der Waals surface area contributed by atoms with Gasteiger partial charge in [-0.1, -0.05) is 18.2 Å². The lowest BCUT2D eigenvalue weighted by molar-refractivity contribution is -0.133. The van der Waals surface area contributed by atoms with E-state index in [9.17, 15) is 18.4 Å². The molecule has 7 heteroatoms. The van der Waals surface area contributed by atoms with Crippen molar-refractivity contribution in [3.05, 3.63) is 54.1 Å². The van der Waals surface area contributed by atoms with Gasteiger partial charge in [0.25, 0.3) is 0 Å². The second-order valence-corrected chi connectivity index (χ2v) is 5.17. The van der Waals surface area contributed by atoms with Gasteiger partial charge in [-0.3, -0.25) is 9.59 Å². The van der Waals surface area contributed by atoms with E-state index in [0.717, 1.165) is 18.2 Å². The monoisotopic (exact) mass is 334 g/mol. The molecule has 0 aromatic heterocycles. The van der Waals surface area contributed by atoms with E-state index >= 15 is 0 Å². The molecule has 2 aromatic rings.